The molecule has 10 heteroatoms. The molecule has 3 aromatic rings. The van der Waals surface area contributed by atoms with Crippen molar-refractivity contribution in [3.63, 3.8) is 0 Å². The van der Waals surface area contributed by atoms with E-state index in [1.54, 1.807) is 45.4 Å². The predicted molar refractivity (Wildman–Crippen MR) is 117 cm³/mol. The van der Waals surface area contributed by atoms with Gasteiger partial charge in [0.1, 0.15) is 5.69 Å². The summed E-state index contributed by atoms with van der Waals surface area (Å²) < 4.78 is 10.9. The van der Waals surface area contributed by atoms with Crippen LogP contribution in [0.25, 0.3) is 11.3 Å². The summed E-state index contributed by atoms with van der Waals surface area (Å²) >= 11 is 0. The highest BCUT2D eigenvalue weighted by Crippen LogP contribution is 2.17. The summed E-state index contributed by atoms with van der Waals surface area (Å²) in [5.41, 5.74) is 2.33. The van der Waals surface area contributed by atoms with Crippen molar-refractivity contribution in [1.82, 2.24) is 19.7 Å². The number of ether oxygens (including phenoxy) is 2. The molecule has 0 radical (unpaired) electrons. The number of nitrogens with zero attached hydrogens (tertiary/aromatic N) is 4. The first-order valence-corrected chi connectivity index (χ1v) is 10.1. The van der Waals surface area contributed by atoms with Gasteiger partial charge in [0.15, 0.2) is 5.78 Å². The fourth-order valence-electron chi connectivity index (χ4n) is 2.58. The second kappa shape index (κ2) is 12.6. The van der Waals surface area contributed by atoms with Crippen LogP contribution in [0.5, 0.6) is 0 Å². The first-order valence-electron chi connectivity index (χ1n) is 10.1. The normalized spacial score (nSPS) is 9.91. The topological polar surface area (TPSA) is 130 Å². The first kappa shape index (κ1) is 25.1. The Morgan fingerprint density at radius 3 is 2.18 bits per heavy atom. The minimum Gasteiger partial charge on any atom is -0.461 e. The highest BCUT2D eigenvalue weighted by Gasteiger charge is 2.19. The second-order valence-corrected chi connectivity index (χ2v) is 6.49. The number of carbonyl (C=O) groups excluding carboxylic acids is 4. The molecule has 10 nitrogen and oxygen atoms in total. The number of rotatable bonds is 8. The van der Waals surface area contributed by atoms with E-state index in [1.807, 2.05) is 12.1 Å². The molecule has 0 saturated heterocycles. The van der Waals surface area contributed by atoms with Gasteiger partial charge in [0.2, 0.25) is 5.78 Å². The van der Waals surface area contributed by atoms with Crippen molar-refractivity contribution in [2.24, 2.45) is 7.05 Å². The number of pyridine rings is 2. The zero-order valence-corrected chi connectivity index (χ0v) is 18.6. The van der Waals surface area contributed by atoms with E-state index in [0.717, 1.165) is 5.56 Å². The van der Waals surface area contributed by atoms with E-state index in [2.05, 4.69) is 19.8 Å². The molecule has 33 heavy (non-hydrogen) atoms. The largest absolute Gasteiger partial charge is 0.461 e. The molecule has 3 aromatic heterocycles. The van der Waals surface area contributed by atoms with Crippen LogP contribution in [0, 0.1) is 0 Å². The van der Waals surface area contributed by atoms with Gasteiger partial charge in [-0.2, -0.15) is 5.10 Å². The van der Waals surface area contributed by atoms with Crippen LogP contribution in [0.2, 0.25) is 0 Å². The zero-order valence-electron chi connectivity index (χ0n) is 18.6. The van der Waals surface area contributed by atoms with Crippen LogP contribution in [-0.2, 0) is 26.1 Å². The van der Waals surface area contributed by atoms with Gasteiger partial charge < -0.3 is 9.47 Å². The number of Topliss-reactive ketones (excluding diaryl/α,β-unsaturated/α-hetero) is 2. The lowest BCUT2D eigenvalue weighted by Crippen LogP contribution is -2.20. The average Bonchev–Trinajstić information content (AvgIpc) is 3.22. The molecule has 0 aliphatic carbocycles. The quantitative estimate of drug-likeness (QED) is 0.219. The van der Waals surface area contributed by atoms with E-state index in [-0.39, 0.29) is 12.6 Å². The van der Waals surface area contributed by atoms with Gasteiger partial charge in [-0.25, -0.2) is 9.59 Å². The van der Waals surface area contributed by atoms with Crippen LogP contribution in [-0.4, -0.2) is 56.5 Å². The summed E-state index contributed by atoms with van der Waals surface area (Å²) in [6.45, 7) is 3.84. The van der Waals surface area contributed by atoms with Gasteiger partial charge in [0.05, 0.1) is 25.3 Å². The van der Waals surface area contributed by atoms with Crippen molar-refractivity contribution in [3.05, 3.63) is 66.4 Å². The van der Waals surface area contributed by atoms with E-state index in [1.165, 1.54) is 23.1 Å². The Kier molecular flexibility index (Phi) is 9.56. The third kappa shape index (κ3) is 7.46. The fraction of sp³-hybridized carbons (Fsp3) is 0.261. The second-order valence-electron chi connectivity index (χ2n) is 6.49. The van der Waals surface area contributed by atoms with Crippen LogP contribution in [0.4, 0.5) is 0 Å². The molecule has 0 saturated carbocycles. The fourth-order valence-corrected chi connectivity index (χ4v) is 2.58. The third-order valence-electron chi connectivity index (χ3n) is 4.13. The van der Waals surface area contributed by atoms with Crippen molar-refractivity contribution in [3.8, 4) is 11.3 Å². The number of hydrogen-bond donors (Lipinski definition) is 0. The highest BCUT2D eigenvalue weighted by atomic mass is 16.5. The summed E-state index contributed by atoms with van der Waals surface area (Å²) in [7, 11) is 1.71. The molecule has 3 heterocycles. The molecule has 0 amide bonds. The van der Waals surface area contributed by atoms with Crippen molar-refractivity contribution < 1.29 is 28.7 Å². The van der Waals surface area contributed by atoms with Crippen LogP contribution < -0.4 is 0 Å². The molecule has 0 fully saturated rings. The van der Waals surface area contributed by atoms with Crippen molar-refractivity contribution >= 4 is 23.5 Å². The lowest BCUT2D eigenvalue weighted by molar-refractivity contribution is -0.153. The molecule has 0 atom stereocenters. The molecule has 0 bridgehead atoms. The smallest absolute Gasteiger partial charge is 0.375 e. The van der Waals surface area contributed by atoms with Crippen molar-refractivity contribution in [1.29, 1.82) is 0 Å². The maximum Gasteiger partial charge on any atom is 0.375 e. The van der Waals surface area contributed by atoms with Gasteiger partial charge in [-0.15, -0.1) is 0 Å². The van der Waals surface area contributed by atoms with Crippen molar-refractivity contribution in [2.45, 2.75) is 20.3 Å². The third-order valence-corrected chi connectivity index (χ3v) is 4.13. The molecule has 0 spiro atoms. The van der Waals surface area contributed by atoms with E-state index in [4.69, 9.17) is 4.74 Å². The van der Waals surface area contributed by atoms with E-state index in [9.17, 15) is 19.2 Å². The Morgan fingerprint density at radius 1 is 0.939 bits per heavy atom. The Balaban J connectivity index is 0.000000234. The number of carbonyl (C=O) groups is 4. The number of ketones is 2. The number of aryl methyl sites for hydroxylation is 1. The molecular formula is C23H24N4O6. The Hall–Kier alpha value is -4.21. The minimum absolute atomic E-state index is 0.117. The number of aromatic nitrogens is 4. The monoisotopic (exact) mass is 452 g/mol. The van der Waals surface area contributed by atoms with Gasteiger partial charge in [-0.1, -0.05) is 0 Å². The van der Waals surface area contributed by atoms with Crippen molar-refractivity contribution in [2.75, 3.05) is 13.2 Å². The van der Waals surface area contributed by atoms with Gasteiger partial charge >= 0.3 is 11.9 Å². The minimum atomic E-state index is -0.972. The van der Waals surface area contributed by atoms with Crippen LogP contribution >= 0.6 is 0 Å². The van der Waals surface area contributed by atoms with Crippen LogP contribution in [0.15, 0.2) is 55.1 Å². The predicted octanol–water partition coefficient (Wildman–Crippen LogP) is 2.45. The maximum absolute atomic E-state index is 11.6. The summed E-state index contributed by atoms with van der Waals surface area (Å²) in [4.78, 5) is 53.0. The molecule has 3 rings (SSSR count). The Labute approximate surface area is 190 Å². The molecule has 0 N–H and O–H groups in total. The molecule has 0 aliphatic heterocycles. The van der Waals surface area contributed by atoms with Gasteiger partial charge in [0.25, 0.3) is 0 Å². The Morgan fingerprint density at radius 2 is 1.61 bits per heavy atom. The first-order chi connectivity index (χ1) is 15.9. The number of hydrogen-bond acceptors (Lipinski definition) is 9. The van der Waals surface area contributed by atoms with Gasteiger partial charge in [0, 0.05) is 43.0 Å². The SMILES string of the molecule is CCOC(=O)C(=O)CC(=O)c1cccnc1.CCOC(=O)c1cc(-c2cccnc2)nn1C. The number of esters is 2. The zero-order chi connectivity index (χ0) is 24.2. The van der Waals surface area contributed by atoms with E-state index >= 15 is 0 Å². The molecular weight excluding hydrogens is 428 g/mol. The van der Waals surface area contributed by atoms with Gasteiger partial charge in [-0.05, 0) is 44.2 Å². The molecule has 0 aromatic carbocycles. The summed E-state index contributed by atoms with van der Waals surface area (Å²) in [6.07, 6.45) is 5.78. The molecule has 0 aliphatic rings. The van der Waals surface area contributed by atoms with E-state index < -0.39 is 24.0 Å². The average molecular weight is 452 g/mol. The maximum atomic E-state index is 11.6. The van der Waals surface area contributed by atoms with E-state index in [0.29, 0.717) is 23.6 Å². The lowest BCUT2D eigenvalue weighted by Gasteiger charge is -2.00. The molecule has 0 unspecified atom stereocenters. The van der Waals surface area contributed by atoms with Gasteiger partial charge in [-0.3, -0.25) is 24.2 Å². The summed E-state index contributed by atoms with van der Waals surface area (Å²) in [5.74, 6) is -2.61. The lowest BCUT2D eigenvalue weighted by atomic mass is 10.1. The summed E-state index contributed by atoms with van der Waals surface area (Å²) in [6, 6.07) is 8.54. The highest BCUT2D eigenvalue weighted by molar-refractivity contribution is 6.38. The van der Waals surface area contributed by atoms with Crippen LogP contribution in [0.1, 0.15) is 41.1 Å². The Bertz CT molecular complexity index is 1100. The standard InChI is InChI=1S/C12H13N3O2.C11H11NO4/c1-3-17-12(16)11-7-10(14-15(11)2)9-5-4-6-13-8-9;1-2-16-11(15)10(14)6-9(13)8-4-3-5-12-7-8/h4-8H,3H2,1-2H3;3-5,7H,2,6H2,1H3. The summed E-state index contributed by atoms with van der Waals surface area (Å²) in [5, 5.41) is 4.26. The van der Waals surface area contributed by atoms with Crippen LogP contribution in [0.3, 0.4) is 0 Å². The molecule has 172 valence electrons.